The molecule has 0 spiro atoms. The van der Waals surface area contributed by atoms with E-state index in [9.17, 15) is 9.59 Å². The predicted octanol–water partition coefficient (Wildman–Crippen LogP) is 6.57. The fourth-order valence-electron chi connectivity index (χ4n) is 6.20. The van der Waals surface area contributed by atoms with Crippen molar-refractivity contribution in [1.29, 1.82) is 0 Å². The van der Waals surface area contributed by atoms with E-state index in [1.807, 2.05) is 54.0 Å². The third-order valence-corrected chi connectivity index (χ3v) is 8.65. The number of methoxy groups -OCH3 is 1. The second-order valence-corrected chi connectivity index (χ2v) is 13.9. The molecule has 0 saturated carbocycles. The molecule has 0 saturated heterocycles. The van der Waals surface area contributed by atoms with E-state index in [0.29, 0.717) is 46.4 Å². The second-order valence-electron chi connectivity index (χ2n) is 13.9. The van der Waals surface area contributed by atoms with Crippen LogP contribution in [0.5, 0.6) is 5.75 Å². The Bertz CT molecular complexity index is 2110. The van der Waals surface area contributed by atoms with Gasteiger partial charge in [0, 0.05) is 73.4 Å². The van der Waals surface area contributed by atoms with Crippen molar-refractivity contribution >= 4 is 45.9 Å². The highest BCUT2D eigenvalue weighted by Crippen LogP contribution is 2.41. The number of carbonyl (C=O) groups excluding carboxylic acids is 2. The summed E-state index contributed by atoms with van der Waals surface area (Å²) >= 11 is 0. The summed E-state index contributed by atoms with van der Waals surface area (Å²) in [6.45, 7) is 11.5. The molecule has 0 atom stereocenters. The minimum absolute atomic E-state index is 0.313. The molecule has 1 aliphatic rings. The Morgan fingerprint density at radius 2 is 1.86 bits per heavy atom. The Labute approximate surface area is 297 Å². The van der Waals surface area contributed by atoms with E-state index in [2.05, 4.69) is 61.1 Å². The molecule has 0 fully saturated rings. The fraction of sp³-hybridized carbons (Fsp3) is 0.342. The first-order chi connectivity index (χ1) is 24.3. The minimum atomic E-state index is -0.675. The summed E-state index contributed by atoms with van der Waals surface area (Å²) in [6.07, 6.45) is 9.84. The van der Waals surface area contributed by atoms with Gasteiger partial charge in [0.1, 0.15) is 11.4 Å². The fourth-order valence-corrected chi connectivity index (χ4v) is 6.20. The van der Waals surface area contributed by atoms with Crippen LogP contribution in [-0.4, -0.2) is 88.2 Å². The second kappa shape index (κ2) is 14.3. The molecule has 1 aliphatic heterocycles. The number of aromatic nitrogens is 5. The molecule has 0 unspecified atom stereocenters. The number of ether oxygens (including phenoxy) is 2. The Morgan fingerprint density at radius 1 is 1.06 bits per heavy atom. The lowest BCUT2D eigenvalue weighted by atomic mass is 9.99. The average molecular weight is 692 g/mol. The monoisotopic (exact) mass is 691 g/mol. The van der Waals surface area contributed by atoms with Gasteiger partial charge in [-0.25, -0.2) is 14.8 Å². The summed E-state index contributed by atoms with van der Waals surface area (Å²) in [7, 11) is 7.59. The van der Waals surface area contributed by atoms with Gasteiger partial charge in [-0.1, -0.05) is 24.8 Å². The molecule has 13 nitrogen and oxygen atoms in total. The number of rotatable bonds is 11. The van der Waals surface area contributed by atoms with E-state index in [-0.39, 0.29) is 5.91 Å². The molecule has 0 aliphatic carbocycles. The lowest BCUT2D eigenvalue weighted by Crippen LogP contribution is -2.29. The first-order valence-corrected chi connectivity index (χ1v) is 16.9. The number of nitrogens with zero attached hydrogens (tertiary/aromatic N) is 7. The van der Waals surface area contributed by atoms with Gasteiger partial charge in [-0.05, 0) is 65.4 Å². The van der Waals surface area contributed by atoms with Crippen LogP contribution in [0.4, 0.5) is 27.8 Å². The summed E-state index contributed by atoms with van der Waals surface area (Å²) in [5.41, 5.74) is 6.68. The summed E-state index contributed by atoms with van der Waals surface area (Å²) in [5, 5.41) is 11.7. The molecule has 51 heavy (non-hydrogen) atoms. The van der Waals surface area contributed by atoms with E-state index in [4.69, 9.17) is 19.4 Å². The van der Waals surface area contributed by atoms with Gasteiger partial charge in [-0.3, -0.25) is 4.79 Å². The summed E-state index contributed by atoms with van der Waals surface area (Å²) in [5.74, 6) is 0.517. The van der Waals surface area contributed by atoms with Crippen LogP contribution in [0, 0.1) is 0 Å². The van der Waals surface area contributed by atoms with Crippen molar-refractivity contribution in [2.45, 2.75) is 45.8 Å². The molecule has 0 bridgehead atoms. The number of likely N-dealkylation sites (N-methyl/N-ethyl adjacent to an activating group) is 2. The lowest BCUT2D eigenvalue weighted by molar-refractivity contribution is -0.111. The normalized spacial score (nSPS) is 12.5. The zero-order chi connectivity index (χ0) is 36.4. The van der Waals surface area contributed by atoms with Crippen molar-refractivity contribution in [3.8, 4) is 28.1 Å². The van der Waals surface area contributed by atoms with Gasteiger partial charge in [0.05, 0.1) is 41.6 Å². The highest BCUT2D eigenvalue weighted by molar-refractivity contribution is 6.03. The number of hydrogen-bond donors (Lipinski definition) is 2. The van der Waals surface area contributed by atoms with Crippen molar-refractivity contribution < 1.29 is 19.1 Å². The number of hydrogen-bond acceptors (Lipinski definition) is 10. The Kier molecular flexibility index (Phi) is 9.84. The van der Waals surface area contributed by atoms with Gasteiger partial charge in [0.25, 0.3) is 0 Å². The first kappa shape index (κ1) is 35.1. The molecule has 0 radical (unpaired) electrons. The van der Waals surface area contributed by atoms with E-state index in [1.165, 1.54) is 21.8 Å². The van der Waals surface area contributed by atoms with Crippen LogP contribution in [0.1, 0.15) is 32.8 Å². The number of anilines is 4. The topological polar surface area (TPSA) is 132 Å². The van der Waals surface area contributed by atoms with E-state index in [0.717, 1.165) is 42.6 Å². The number of carbonyl (C=O) groups is 2. The third kappa shape index (κ3) is 7.58. The van der Waals surface area contributed by atoms with Crippen molar-refractivity contribution in [3.05, 3.63) is 73.3 Å². The number of nitrogens with one attached hydrogen (secondary N) is 2. The van der Waals surface area contributed by atoms with Crippen molar-refractivity contribution in [2.24, 2.45) is 0 Å². The standard InChI is InChI=1S/C38H45N9O4/c1-9-33(48)41-29-18-30(32(50-8)19-31(29)45(7)17-16-44(5)6)42-36-39-21-27(25-20-40-47(22-25)37(49)51-38(2,3)4)34(43-36)28-23-46-15-11-13-24-12-10-14-26(28)35(24)46/h9-10,12,14,18-23H,1,11,13,15-17H2,2-8H3,(H,41,48)(H,39,42,43). The van der Waals surface area contributed by atoms with Crippen LogP contribution < -0.4 is 20.3 Å². The van der Waals surface area contributed by atoms with Gasteiger partial charge < -0.3 is 34.5 Å². The molecule has 2 aromatic carbocycles. The molecular formula is C38H45N9O4. The van der Waals surface area contributed by atoms with Crippen LogP contribution in [0.15, 0.2) is 67.8 Å². The molecule has 2 N–H and O–H groups in total. The van der Waals surface area contributed by atoms with Crippen LogP contribution >= 0.6 is 0 Å². The SMILES string of the molecule is C=CC(=O)Nc1cc(Nc2ncc(-c3cnn(C(=O)OC(C)(C)C)c3)c(-c3cn4c5c(cccc35)CCC4)n2)c(OC)cc1N(C)CCN(C)C. The maximum Gasteiger partial charge on any atom is 0.435 e. The van der Waals surface area contributed by atoms with E-state index < -0.39 is 11.7 Å². The summed E-state index contributed by atoms with van der Waals surface area (Å²) in [6, 6.07) is 10.1. The molecular weight excluding hydrogens is 646 g/mol. The molecule has 1 amide bonds. The first-order valence-electron chi connectivity index (χ1n) is 16.9. The average Bonchev–Trinajstić information content (AvgIpc) is 3.74. The summed E-state index contributed by atoms with van der Waals surface area (Å²) in [4.78, 5) is 39.4. The smallest absolute Gasteiger partial charge is 0.435 e. The predicted molar refractivity (Wildman–Crippen MR) is 201 cm³/mol. The Hall–Kier alpha value is -5.69. The maximum absolute atomic E-state index is 12.9. The van der Waals surface area contributed by atoms with E-state index in [1.54, 1.807) is 25.7 Å². The molecule has 6 rings (SSSR count). The van der Waals surface area contributed by atoms with Crippen LogP contribution in [0.2, 0.25) is 0 Å². The van der Waals surface area contributed by atoms with Crippen LogP contribution in [0.25, 0.3) is 33.3 Å². The molecule has 5 aromatic rings. The number of amides is 1. The number of para-hydroxylation sites is 1. The highest BCUT2D eigenvalue weighted by Gasteiger charge is 2.24. The molecule has 4 heterocycles. The van der Waals surface area contributed by atoms with Crippen molar-refractivity contribution in [3.63, 3.8) is 0 Å². The van der Waals surface area contributed by atoms with Gasteiger partial charge in [-0.2, -0.15) is 9.78 Å². The van der Waals surface area contributed by atoms with Crippen LogP contribution in [-0.2, 0) is 22.5 Å². The van der Waals surface area contributed by atoms with Crippen LogP contribution in [0.3, 0.4) is 0 Å². The maximum atomic E-state index is 12.9. The van der Waals surface area contributed by atoms with Gasteiger partial charge in [0.2, 0.25) is 11.9 Å². The zero-order valence-electron chi connectivity index (χ0n) is 30.3. The lowest BCUT2D eigenvalue weighted by Gasteiger charge is -2.26. The van der Waals surface area contributed by atoms with Gasteiger partial charge in [-0.15, -0.1) is 0 Å². The molecule has 3 aromatic heterocycles. The number of benzene rings is 2. The minimum Gasteiger partial charge on any atom is -0.494 e. The largest absolute Gasteiger partial charge is 0.494 e. The van der Waals surface area contributed by atoms with Gasteiger partial charge >= 0.3 is 6.09 Å². The summed E-state index contributed by atoms with van der Waals surface area (Å²) < 4.78 is 14.9. The zero-order valence-corrected chi connectivity index (χ0v) is 30.3. The van der Waals surface area contributed by atoms with Gasteiger partial charge in [0.15, 0.2) is 0 Å². The molecule has 266 valence electrons. The van der Waals surface area contributed by atoms with Crippen molar-refractivity contribution in [1.82, 2.24) is 29.2 Å². The Morgan fingerprint density at radius 3 is 2.59 bits per heavy atom. The third-order valence-electron chi connectivity index (χ3n) is 8.65. The number of aryl methyl sites for hydroxylation is 2. The quantitative estimate of drug-likeness (QED) is 0.147. The Balaban J connectivity index is 1.45. The highest BCUT2D eigenvalue weighted by atomic mass is 16.6. The van der Waals surface area contributed by atoms with E-state index >= 15 is 0 Å². The van der Waals surface area contributed by atoms with Crippen molar-refractivity contribution in [2.75, 3.05) is 56.9 Å². The molecule has 13 heteroatoms.